The topological polar surface area (TPSA) is 268 Å². The van der Waals surface area contributed by atoms with E-state index in [9.17, 15) is 34.2 Å². The van der Waals surface area contributed by atoms with Crippen molar-refractivity contribution in [3.05, 3.63) is 88.4 Å². The Labute approximate surface area is 669 Å². The largest absolute Gasteiger partial charge is 0.497 e. The van der Waals surface area contributed by atoms with Crippen LogP contribution in [0.4, 0.5) is 0 Å². The Bertz CT molecular complexity index is 2550. The van der Waals surface area contributed by atoms with Crippen molar-refractivity contribution < 1.29 is 64.5 Å². The van der Waals surface area contributed by atoms with Crippen LogP contribution in [0.25, 0.3) is 0 Å². The van der Waals surface area contributed by atoms with Crippen LogP contribution in [-0.4, -0.2) is 251 Å². The summed E-state index contributed by atoms with van der Waals surface area (Å²) >= 11 is 3.32. The van der Waals surface area contributed by atoms with Gasteiger partial charge in [0.25, 0.3) is 0 Å². The van der Waals surface area contributed by atoms with Crippen LogP contribution < -0.4 is 19.5 Å². The van der Waals surface area contributed by atoms with Gasteiger partial charge >= 0.3 is 0 Å². The lowest BCUT2D eigenvalue weighted by atomic mass is 9.71. The van der Waals surface area contributed by atoms with Crippen LogP contribution >= 0.6 is 40.7 Å². The maximum absolute atomic E-state index is 11.3. The average molecular weight is 1620 g/mol. The van der Waals surface area contributed by atoms with Gasteiger partial charge in [0.1, 0.15) is 46.2 Å². The van der Waals surface area contributed by atoms with E-state index in [2.05, 4.69) is 78.8 Å². The highest BCUT2D eigenvalue weighted by Gasteiger charge is 2.42. The summed E-state index contributed by atoms with van der Waals surface area (Å²) in [5, 5.41) is 32.1. The van der Waals surface area contributed by atoms with Crippen molar-refractivity contribution in [2.24, 2.45) is 35.5 Å². The Morgan fingerprint density at radius 2 is 0.636 bits per heavy atom. The summed E-state index contributed by atoms with van der Waals surface area (Å²) in [6.07, 6.45) is 30.8. The minimum Gasteiger partial charge on any atom is -0.497 e. The number of nitrogens with zero attached hydrogens (tertiary/aromatic N) is 6. The molecule has 0 aromatic heterocycles. The Morgan fingerprint density at radius 1 is 0.383 bits per heavy atom. The average Bonchev–Trinajstić information content (AvgIpc) is 0.791. The van der Waals surface area contributed by atoms with E-state index in [1.165, 1.54) is 44.9 Å². The van der Waals surface area contributed by atoms with Gasteiger partial charge in [-0.05, 0) is 242 Å². The summed E-state index contributed by atoms with van der Waals surface area (Å²) in [4.78, 5) is 68.4. The first-order valence-electron chi connectivity index (χ1n) is 38.6. The molecule has 23 heteroatoms. The van der Waals surface area contributed by atoms with E-state index in [1.54, 1.807) is 21.3 Å². The number of ether oxygens (including phenoxy) is 3. The number of aliphatic hydroxyl groups is 3. The highest BCUT2D eigenvalue weighted by Crippen LogP contribution is 2.44. The van der Waals surface area contributed by atoms with Crippen molar-refractivity contribution in [3.8, 4) is 17.2 Å². The molecule has 0 radical (unpaired) electrons. The van der Waals surface area contributed by atoms with Gasteiger partial charge in [0.05, 0.1) is 32.5 Å². The van der Waals surface area contributed by atoms with Gasteiger partial charge < -0.3 is 75.2 Å². The number of ketones is 5. The molecule has 20 nitrogen and oxygen atoms in total. The first-order chi connectivity index (χ1) is 49.0. The standard InChI is InChI=1S/2C16H25NO2.4C9H17NO.C7H7BrO.C6H10O.C2H7N.CH4O.2ClH.2H2O/c2*1-17(2)12-14-7-4-5-10-16(14,18)13-8-6-9-15(11-13)19-3;4*1-10(2)7-8-5-3-4-6-9(8)11;1-9-7-4-2-3-6(8)5-7;7-6-4-2-1-3-5-6;1-3-2;1-2;;;;/h2*6,8-9,11,14,18H,4-5,7,10,12H2,1-3H3;4*8H,3-7H2,1-2H3;2-5H,1H3;1-5H2;3H,1-2H3;2H,1H3;2*1H;2*1H2/t2*14-,16+;;;;;;;;;;;;/m11............/s1. The minimum atomic E-state index is -0.711. The van der Waals surface area contributed by atoms with Gasteiger partial charge in [-0.2, -0.15) is 0 Å². The maximum atomic E-state index is 11.3. The van der Waals surface area contributed by atoms with E-state index in [4.69, 9.17) is 19.3 Å². The third-order valence-electron chi connectivity index (χ3n) is 19.9. The first kappa shape index (κ1) is 109. The first-order valence-corrected chi connectivity index (χ1v) is 39.4. The predicted octanol–water partition coefficient (Wildman–Crippen LogP) is 13.1. The number of benzene rings is 3. The van der Waals surface area contributed by atoms with E-state index < -0.39 is 11.2 Å². The highest BCUT2D eigenvalue weighted by atomic mass is 79.9. The second-order valence-corrected chi connectivity index (χ2v) is 31.6. The fraction of sp³-hybridized carbons (Fsp3) is 0.726. The summed E-state index contributed by atoms with van der Waals surface area (Å²) in [5.74, 6) is 6.81. The molecule has 3 aromatic rings. The quantitative estimate of drug-likeness (QED) is 0.0978. The molecular weight excluding hydrogens is 1470 g/mol. The molecule has 0 bridgehead atoms. The fourth-order valence-corrected chi connectivity index (χ4v) is 15.0. The van der Waals surface area contributed by atoms with E-state index in [1.807, 2.05) is 143 Å². The molecule has 7 aliphatic rings. The summed E-state index contributed by atoms with van der Waals surface area (Å²) in [6.45, 7) is 5.62. The molecule has 3 aromatic carbocycles. The smallest absolute Gasteiger partial charge is 0.137 e. The molecule has 7 aliphatic carbocycles. The molecular formula is C84H152BrCl2N7O13. The second-order valence-electron chi connectivity index (χ2n) is 30.7. The van der Waals surface area contributed by atoms with Crippen LogP contribution in [-0.2, 0) is 35.2 Å². The molecule has 10 rings (SSSR count). The molecule has 622 valence electrons. The van der Waals surface area contributed by atoms with Crippen LogP contribution in [0.1, 0.15) is 197 Å². The number of hydrogen-bond acceptors (Lipinski definition) is 18. The van der Waals surface area contributed by atoms with E-state index >= 15 is 0 Å². The van der Waals surface area contributed by atoms with Crippen LogP contribution in [0.5, 0.6) is 17.2 Å². The normalized spacial score (nSPS) is 23.0. The molecule has 0 heterocycles. The molecule has 0 aliphatic heterocycles. The number of carbonyl (C=O) groups excluding carboxylic acids is 5. The van der Waals surface area contributed by atoms with Gasteiger partial charge in [0.2, 0.25) is 0 Å². The Morgan fingerprint density at radius 3 is 0.860 bits per heavy atom. The molecule has 0 saturated heterocycles. The number of carbonyl (C=O) groups is 5. The predicted molar refractivity (Wildman–Crippen MR) is 451 cm³/mol. The fourth-order valence-electron chi connectivity index (χ4n) is 14.7. The highest BCUT2D eigenvalue weighted by molar-refractivity contribution is 9.10. The van der Waals surface area contributed by atoms with Crippen LogP contribution in [0.3, 0.4) is 0 Å². The molecule has 8 atom stereocenters. The Balaban J connectivity index is -0.000000568. The zero-order chi connectivity index (χ0) is 77.3. The summed E-state index contributed by atoms with van der Waals surface area (Å²) in [6, 6.07) is 23.5. The molecule has 7 saturated carbocycles. The minimum absolute atomic E-state index is 0. The van der Waals surface area contributed by atoms with Crippen molar-refractivity contribution in [2.75, 3.05) is 166 Å². The van der Waals surface area contributed by atoms with Crippen LogP contribution in [0.15, 0.2) is 77.3 Å². The lowest BCUT2D eigenvalue weighted by molar-refractivity contribution is -0.125. The Kier molecular flexibility index (Phi) is 64.9. The van der Waals surface area contributed by atoms with Gasteiger partial charge in [0, 0.05) is 125 Å². The van der Waals surface area contributed by atoms with Crippen molar-refractivity contribution in [2.45, 2.75) is 197 Å². The summed E-state index contributed by atoms with van der Waals surface area (Å²) in [7, 11) is 34.3. The third-order valence-corrected chi connectivity index (χ3v) is 20.4. The zero-order valence-corrected chi connectivity index (χ0v) is 72.8. The number of rotatable bonds is 17. The SMILES string of the molecule is CN(C)CC1CCCCC1=O.CN(C)CC1CCCCC1=O.CN(C)CC1CCCCC1=O.CN(C)CC1CCCCC1=O.CNC.CO.COc1cccc(Br)c1.COc1cccc([C@@]2(O)CCCC[C@@H]2CN(C)C)c1.COc1cccc([C@@]2(O)CCCC[C@@H]2CN(C)C)c1.Cl.Cl.O.O.O=C1CCCCC1. The number of hydrogen-bond donors (Lipinski definition) is 4. The summed E-state index contributed by atoms with van der Waals surface area (Å²) in [5.41, 5.74) is 0.575. The van der Waals surface area contributed by atoms with E-state index in [0.717, 1.165) is 220 Å². The van der Waals surface area contributed by atoms with Crippen LogP contribution in [0.2, 0.25) is 0 Å². The number of methoxy groups -OCH3 is 3. The zero-order valence-electron chi connectivity index (χ0n) is 69.6. The summed E-state index contributed by atoms with van der Waals surface area (Å²) < 4.78 is 16.6. The van der Waals surface area contributed by atoms with Gasteiger partial charge in [0.15, 0.2) is 0 Å². The maximum Gasteiger partial charge on any atom is 0.137 e. The van der Waals surface area contributed by atoms with E-state index in [-0.39, 0.29) is 35.8 Å². The van der Waals surface area contributed by atoms with E-state index in [0.29, 0.717) is 64.4 Å². The van der Waals surface area contributed by atoms with Crippen molar-refractivity contribution >= 4 is 69.7 Å². The molecule has 4 unspecified atom stereocenters. The number of halogens is 3. The molecule has 107 heavy (non-hydrogen) atoms. The van der Waals surface area contributed by atoms with Crippen molar-refractivity contribution in [3.63, 3.8) is 0 Å². The second kappa shape index (κ2) is 63.5. The molecule has 0 spiro atoms. The molecule has 8 N–H and O–H groups in total. The van der Waals surface area contributed by atoms with Crippen molar-refractivity contribution in [1.82, 2.24) is 34.7 Å². The number of Topliss-reactive ketones (excluding diaryl/α,β-unsaturated/α-hetero) is 5. The molecule has 7 fully saturated rings. The van der Waals surface area contributed by atoms with Crippen molar-refractivity contribution in [1.29, 1.82) is 0 Å². The van der Waals surface area contributed by atoms with Gasteiger partial charge in [-0.1, -0.05) is 104 Å². The van der Waals surface area contributed by atoms with Gasteiger partial charge in [-0.25, -0.2) is 0 Å². The third kappa shape index (κ3) is 46.6. The van der Waals surface area contributed by atoms with Gasteiger partial charge in [-0.15, -0.1) is 24.8 Å². The lowest BCUT2D eigenvalue weighted by Gasteiger charge is -2.41. The monoisotopic (exact) mass is 1620 g/mol. The Hall–Kier alpha value is -4.01. The lowest BCUT2D eigenvalue weighted by Crippen LogP contribution is -2.43. The van der Waals surface area contributed by atoms with Gasteiger partial charge in [-0.3, -0.25) is 24.0 Å². The van der Waals surface area contributed by atoms with Crippen LogP contribution in [0, 0.1) is 35.5 Å². The number of nitrogens with one attached hydrogen (secondary N) is 1. The number of aliphatic hydroxyl groups excluding tert-OH is 1. The molecule has 0 amide bonds.